The molecule has 0 bridgehead atoms. The van der Waals surface area contributed by atoms with Crippen molar-refractivity contribution in [2.75, 3.05) is 0 Å². The lowest BCUT2D eigenvalue weighted by molar-refractivity contribution is -0.691. The summed E-state index contributed by atoms with van der Waals surface area (Å²) in [5, 5.41) is 10.9. The van der Waals surface area contributed by atoms with E-state index in [0.717, 1.165) is 5.69 Å². The normalized spacial score (nSPS) is 9.81. The second kappa shape index (κ2) is 7.08. The number of aryl methyl sites for hydroxylation is 2. The largest absolute Gasteiger partial charge is 1.00 e. The number of pyridine rings is 1. The van der Waals surface area contributed by atoms with E-state index in [1.54, 1.807) is 41.8 Å². The lowest BCUT2D eigenvalue weighted by Gasteiger charge is -2.02. The molecule has 1 aromatic carbocycles. The first-order chi connectivity index (χ1) is 9.49. The number of rotatable bonds is 4. The highest BCUT2D eigenvalue weighted by atomic mass is 79.9. The first-order valence-corrected chi connectivity index (χ1v) is 6.22. The minimum absolute atomic E-state index is 0. The van der Waals surface area contributed by atoms with Crippen molar-refractivity contribution in [2.24, 2.45) is 0 Å². The van der Waals surface area contributed by atoms with Crippen LogP contribution in [0.3, 0.4) is 0 Å². The molecule has 0 fully saturated rings. The van der Waals surface area contributed by atoms with Gasteiger partial charge in [0.25, 0.3) is 0 Å². The highest BCUT2D eigenvalue weighted by Gasteiger charge is 2.22. The number of nitrogens with zero attached hydrogens (tertiary/aromatic N) is 2. The van der Waals surface area contributed by atoms with Crippen molar-refractivity contribution in [3.8, 4) is 0 Å². The summed E-state index contributed by atoms with van der Waals surface area (Å²) in [5.41, 5.74) is 2.03. The molecular weight excluding hydrogens is 336 g/mol. The van der Waals surface area contributed by atoms with Crippen molar-refractivity contribution >= 4 is 11.5 Å². The molecule has 2 rings (SSSR count). The molecule has 1 aromatic heterocycles. The van der Waals surface area contributed by atoms with Crippen LogP contribution in [0.4, 0.5) is 5.69 Å². The molecule has 0 aliphatic heterocycles. The van der Waals surface area contributed by atoms with Crippen molar-refractivity contribution in [3.05, 3.63) is 69.5 Å². The molecular formula is C15H15BrN2O3. The summed E-state index contributed by atoms with van der Waals surface area (Å²) < 4.78 is 1.61. The number of ketones is 1. The number of nitro groups is 1. The monoisotopic (exact) mass is 350 g/mol. The van der Waals surface area contributed by atoms with E-state index in [1.165, 1.54) is 6.20 Å². The lowest BCUT2D eigenvalue weighted by atomic mass is 10.1. The van der Waals surface area contributed by atoms with Crippen LogP contribution < -0.4 is 21.5 Å². The van der Waals surface area contributed by atoms with Crippen LogP contribution in [0.5, 0.6) is 0 Å². The Labute approximate surface area is 133 Å². The summed E-state index contributed by atoms with van der Waals surface area (Å²) in [5.74, 6) is -0.0724. The van der Waals surface area contributed by atoms with Crippen LogP contribution in [0, 0.1) is 24.0 Å². The van der Waals surface area contributed by atoms with Gasteiger partial charge in [-0.05, 0) is 6.92 Å². The van der Waals surface area contributed by atoms with Gasteiger partial charge < -0.3 is 17.0 Å². The molecule has 0 atom stereocenters. The van der Waals surface area contributed by atoms with Crippen molar-refractivity contribution in [3.63, 3.8) is 0 Å². The molecule has 0 saturated carbocycles. The fourth-order valence-corrected chi connectivity index (χ4v) is 2.05. The molecule has 2 aromatic rings. The number of hydrogen-bond donors (Lipinski definition) is 0. The van der Waals surface area contributed by atoms with Crippen LogP contribution in [-0.2, 0) is 6.54 Å². The van der Waals surface area contributed by atoms with E-state index < -0.39 is 4.92 Å². The number of benzene rings is 1. The van der Waals surface area contributed by atoms with Crippen molar-refractivity contribution in [1.82, 2.24) is 0 Å². The quantitative estimate of drug-likeness (QED) is 0.319. The SMILES string of the molecule is Cc1cc(C)[n+](CC(=O)c2ccccc2)cc1[N+](=O)[O-].[Br-]. The van der Waals surface area contributed by atoms with Gasteiger partial charge in [-0.25, -0.2) is 0 Å². The van der Waals surface area contributed by atoms with E-state index in [4.69, 9.17) is 0 Å². The Bertz CT molecular complexity index is 672. The van der Waals surface area contributed by atoms with Crippen LogP contribution in [0.15, 0.2) is 42.6 Å². The van der Waals surface area contributed by atoms with E-state index in [2.05, 4.69) is 0 Å². The van der Waals surface area contributed by atoms with Gasteiger partial charge in [0, 0.05) is 24.1 Å². The Morgan fingerprint density at radius 3 is 2.43 bits per heavy atom. The zero-order valence-electron chi connectivity index (χ0n) is 11.7. The highest BCUT2D eigenvalue weighted by molar-refractivity contribution is 5.94. The number of hydrogen-bond acceptors (Lipinski definition) is 3. The maximum absolute atomic E-state index is 12.1. The maximum atomic E-state index is 12.1. The van der Waals surface area contributed by atoms with Crippen LogP contribution in [-0.4, -0.2) is 10.7 Å². The van der Waals surface area contributed by atoms with Gasteiger partial charge in [-0.15, -0.1) is 0 Å². The second-order valence-corrected chi connectivity index (χ2v) is 4.66. The Hall–Kier alpha value is -2.08. The maximum Gasteiger partial charge on any atom is 0.335 e. The summed E-state index contributed by atoms with van der Waals surface area (Å²) in [7, 11) is 0. The fraction of sp³-hybridized carbons (Fsp3) is 0.200. The Balaban J connectivity index is 0.00000220. The van der Waals surface area contributed by atoms with Crippen LogP contribution >= 0.6 is 0 Å². The van der Waals surface area contributed by atoms with E-state index in [-0.39, 0.29) is 35.0 Å². The average Bonchev–Trinajstić information content (AvgIpc) is 2.42. The molecule has 0 aliphatic carbocycles. The van der Waals surface area contributed by atoms with Crippen LogP contribution in [0.1, 0.15) is 21.6 Å². The summed E-state index contributed by atoms with van der Waals surface area (Å²) in [6.45, 7) is 3.61. The zero-order chi connectivity index (χ0) is 14.7. The molecule has 5 nitrogen and oxygen atoms in total. The average molecular weight is 351 g/mol. The summed E-state index contributed by atoms with van der Waals surface area (Å²) in [6, 6.07) is 10.6. The molecule has 0 saturated heterocycles. The van der Waals surface area contributed by atoms with E-state index in [9.17, 15) is 14.9 Å². The number of halogens is 1. The molecule has 1 heterocycles. The number of carbonyl (C=O) groups is 1. The predicted molar refractivity (Wildman–Crippen MR) is 73.5 cm³/mol. The third kappa shape index (κ3) is 3.95. The summed E-state index contributed by atoms with van der Waals surface area (Å²) in [6.07, 6.45) is 1.42. The summed E-state index contributed by atoms with van der Waals surface area (Å²) >= 11 is 0. The molecule has 6 heteroatoms. The first-order valence-electron chi connectivity index (χ1n) is 6.22. The molecule has 0 unspecified atom stereocenters. The van der Waals surface area contributed by atoms with Crippen LogP contribution in [0.25, 0.3) is 0 Å². The molecule has 110 valence electrons. The number of Topliss-reactive ketones (excluding diaryl/α,β-unsaturated/α-hetero) is 1. The van der Waals surface area contributed by atoms with E-state index in [1.807, 2.05) is 13.0 Å². The zero-order valence-corrected chi connectivity index (χ0v) is 13.3. The lowest BCUT2D eigenvalue weighted by Crippen LogP contribution is -3.00. The smallest absolute Gasteiger partial charge is 0.335 e. The van der Waals surface area contributed by atoms with Crippen molar-refractivity contribution in [1.29, 1.82) is 0 Å². The molecule has 0 N–H and O–H groups in total. The van der Waals surface area contributed by atoms with Gasteiger partial charge in [-0.1, -0.05) is 30.3 Å². The van der Waals surface area contributed by atoms with Gasteiger partial charge in [0.05, 0.1) is 4.92 Å². The number of aromatic nitrogens is 1. The van der Waals surface area contributed by atoms with Gasteiger partial charge in [-0.2, -0.15) is 4.57 Å². The van der Waals surface area contributed by atoms with Gasteiger partial charge in [0.15, 0.2) is 5.69 Å². The second-order valence-electron chi connectivity index (χ2n) is 4.66. The molecule has 0 radical (unpaired) electrons. The van der Waals surface area contributed by atoms with Gasteiger partial charge >= 0.3 is 5.69 Å². The Morgan fingerprint density at radius 2 is 1.86 bits per heavy atom. The Morgan fingerprint density at radius 1 is 1.24 bits per heavy atom. The molecule has 0 aliphatic rings. The fourth-order valence-electron chi connectivity index (χ4n) is 2.05. The summed E-state index contributed by atoms with van der Waals surface area (Å²) in [4.78, 5) is 22.7. The Kier molecular flexibility index (Phi) is 5.72. The number of carbonyl (C=O) groups excluding carboxylic acids is 1. The third-order valence-electron chi connectivity index (χ3n) is 3.17. The van der Waals surface area contributed by atoms with Gasteiger partial charge in [0.1, 0.15) is 0 Å². The van der Waals surface area contributed by atoms with E-state index in [0.29, 0.717) is 11.1 Å². The standard InChI is InChI=1S/C15H15N2O3.BrH/c1-11-8-12(2)16(9-14(11)17(19)20)10-15(18)13-6-4-3-5-7-13;/h3-9H,10H2,1-2H3;1H/q+1;/p-1. The first kappa shape index (κ1) is 17.0. The van der Waals surface area contributed by atoms with Crippen LogP contribution in [0.2, 0.25) is 0 Å². The van der Waals surface area contributed by atoms with Crippen molar-refractivity contribution in [2.45, 2.75) is 20.4 Å². The highest BCUT2D eigenvalue weighted by Crippen LogP contribution is 2.15. The van der Waals surface area contributed by atoms with E-state index >= 15 is 0 Å². The van der Waals surface area contributed by atoms with Gasteiger partial charge in [-0.3, -0.25) is 14.9 Å². The minimum Gasteiger partial charge on any atom is -1.00 e. The third-order valence-corrected chi connectivity index (χ3v) is 3.17. The minimum atomic E-state index is -0.432. The predicted octanol–water partition coefficient (Wildman–Crippen LogP) is -0.614. The molecule has 0 amide bonds. The van der Waals surface area contributed by atoms with Crippen molar-refractivity contribution < 1.29 is 31.3 Å². The topological polar surface area (TPSA) is 64.1 Å². The van der Waals surface area contributed by atoms with Gasteiger partial charge in [0.2, 0.25) is 18.5 Å². The molecule has 0 spiro atoms. The molecule has 21 heavy (non-hydrogen) atoms.